The molecule has 0 fully saturated rings. The Balaban J connectivity index is 1.92. The molecule has 1 aromatic heterocycles. The fraction of sp³-hybridized carbons (Fsp3) is 0.150. The first kappa shape index (κ1) is 21.1. The summed E-state index contributed by atoms with van der Waals surface area (Å²) < 4.78 is 46.3. The first-order valence-electron chi connectivity index (χ1n) is 8.34. The zero-order valence-electron chi connectivity index (χ0n) is 15.1. The molecular formula is C20H15Cl2F3N2O2. The van der Waals surface area contributed by atoms with Gasteiger partial charge in [-0.3, -0.25) is 4.79 Å². The predicted octanol–water partition coefficient (Wildman–Crippen LogP) is 5.91. The lowest BCUT2D eigenvalue weighted by molar-refractivity contribution is -0.138. The van der Waals surface area contributed by atoms with Crippen LogP contribution in [0.3, 0.4) is 0 Å². The topological polar surface area (TPSA) is 57.2 Å². The average molecular weight is 443 g/mol. The number of alkyl halides is 3. The van der Waals surface area contributed by atoms with Crippen LogP contribution in [-0.4, -0.2) is 4.57 Å². The molecule has 0 aliphatic heterocycles. The summed E-state index contributed by atoms with van der Waals surface area (Å²) in [5.74, 6) is 0.392. The van der Waals surface area contributed by atoms with E-state index in [1.54, 1.807) is 0 Å². The first-order valence-corrected chi connectivity index (χ1v) is 9.10. The molecule has 0 aliphatic carbocycles. The van der Waals surface area contributed by atoms with Crippen molar-refractivity contribution in [2.24, 2.45) is 0 Å². The third-order valence-electron chi connectivity index (χ3n) is 4.16. The second-order valence-electron chi connectivity index (χ2n) is 6.39. The molecule has 0 amide bonds. The molecule has 2 N–H and O–H groups in total. The van der Waals surface area contributed by atoms with Crippen molar-refractivity contribution in [2.75, 3.05) is 5.73 Å². The van der Waals surface area contributed by atoms with Crippen LogP contribution in [0, 0.1) is 6.92 Å². The molecule has 152 valence electrons. The van der Waals surface area contributed by atoms with E-state index in [9.17, 15) is 18.0 Å². The molecule has 1 heterocycles. The van der Waals surface area contributed by atoms with Crippen molar-refractivity contribution in [2.45, 2.75) is 19.6 Å². The summed E-state index contributed by atoms with van der Waals surface area (Å²) in [5, 5.41) is 0.363. The van der Waals surface area contributed by atoms with E-state index in [0.29, 0.717) is 11.3 Å². The van der Waals surface area contributed by atoms with E-state index in [-0.39, 0.29) is 33.7 Å². The monoisotopic (exact) mass is 442 g/mol. The Labute approximate surface area is 174 Å². The number of rotatable bonds is 4. The second-order valence-corrected chi connectivity index (χ2v) is 7.21. The number of hydrogen-bond donors (Lipinski definition) is 1. The van der Waals surface area contributed by atoms with Crippen LogP contribution in [0.5, 0.6) is 11.5 Å². The van der Waals surface area contributed by atoms with Gasteiger partial charge in [-0.25, -0.2) is 0 Å². The summed E-state index contributed by atoms with van der Waals surface area (Å²) in [5.41, 5.74) is 5.31. The number of aromatic nitrogens is 1. The molecule has 3 aromatic rings. The number of nitrogens with zero attached hydrogens (tertiary/aromatic N) is 1. The van der Waals surface area contributed by atoms with Gasteiger partial charge in [0.2, 0.25) is 0 Å². The highest BCUT2D eigenvalue weighted by atomic mass is 35.5. The van der Waals surface area contributed by atoms with E-state index in [1.807, 2.05) is 0 Å². The fourth-order valence-corrected chi connectivity index (χ4v) is 3.34. The number of pyridine rings is 1. The molecule has 0 bridgehead atoms. The maximum atomic E-state index is 13.1. The lowest BCUT2D eigenvalue weighted by Gasteiger charge is -2.14. The highest BCUT2D eigenvalue weighted by molar-refractivity contribution is 6.37. The standard InChI is InChI=1S/C20H15Cl2F3N2O2/c1-11-2-3-12(6-15(11)20(23,24)25)9-27-10-14(4-5-18(27)28)29-19-16(21)7-13(26)8-17(19)22/h2-8,10H,9,26H2,1H3. The molecule has 0 radical (unpaired) electrons. The van der Waals surface area contributed by atoms with Crippen LogP contribution in [0.2, 0.25) is 10.0 Å². The quantitative estimate of drug-likeness (QED) is 0.511. The normalized spacial score (nSPS) is 11.5. The lowest BCUT2D eigenvalue weighted by atomic mass is 10.0. The average Bonchev–Trinajstić information content (AvgIpc) is 2.61. The summed E-state index contributed by atoms with van der Waals surface area (Å²) >= 11 is 12.2. The number of ether oxygens (including phenoxy) is 1. The Bertz CT molecular complexity index is 1100. The van der Waals surface area contributed by atoms with Crippen LogP contribution < -0.4 is 16.0 Å². The van der Waals surface area contributed by atoms with Crippen molar-refractivity contribution >= 4 is 28.9 Å². The maximum absolute atomic E-state index is 13.1. The molecule has 4 nitrogen and oxygen atoms in total. The third kappa shape index (κ3) is 4.86. The van der Waals surface area contributed by atoms with E-state index < -0.39 is 17.3 Å². The largest absolute Gasteiger partial charge is 0.453 e. The molecule has 9 heteroatoms. The minimum absolute atomic E-state index is 0.0669. The molecule has 0 spiro atoms. The zero-order chi connectivity index (χ0) is 21.3. The Morgan fingerprint density at radius 2 is 1.72 bits per heavy atom. The molecule has 0 saturated heterocycles. The number of aryl methyl sites for hydroxylation is 1. The molecular weight excluding hydrogens is 428 g/mol. The van der Waals surface area contributed by atoms with E-state index in [4.69, 9.17) is 33.7 Å². The number of halogens is 5. The van der Waals surface area contributed by atoms with Crippen molar-refractivity contribution < 1.29 is 17.9 Å². The lowest BCUT2D eigenvalue weighted by Crippen LogP contribution is -2.19. The van der Waals surface area contributed by atoms with E-state index in [2.05, 4.69) is 0 Å². The van der Waals surface area contributed by atoms with Gasteiger partial charge >= 0.3 is 6.18 Å². The van der Waals surface area contributed by atoms with Crippen molar-refractivity contribution in [3.63, 3.8) is 0 Å². The summed E-state index contributed by atoms with van der Waals surface area (Å²) in [4.78, 5) is 12.2. The van der Waals surface area contributed by atoms with Crippen molar-refractivity contribution in [1.29, 1.82) is 0 Å². The molecule has 29 heavy (non-hydrogen) atoms. The summed E-state index contributed by atoms with van der Waals surface area (Å²) in [6, 6.07) is 9.53. The zero-order valence-corrected chi connectivity index (χ0v) is 16.6. The van der Waals surface area contributed by atoms with Crippen molar-refractivity contribution in [3.8, 4) is 11.5 Å². The van der Waals surface area contributed by atoms with Crippen molar-refractivity contribution in [3.05, 3.63) is 85.8 Å². The molecule has 0 atom stereocenters. The van der Waals surface area contributed by atoms with Crippen molar-refractivity contribution in [1.82, 2.24) is 4.57 Å². The smallest absolute Gasteiger partial charge is 0.416 e. The van der Waals surface area contributed by atoms with Gasteiger partial charge in [0, 0.05) is 11.8 Å². The minimum atomic E-state index is -4.47. The summed E-state index contributed by atoms with van der Waals surface area (Å²) in [6.45, 7) is 1.32. The van der Waals surface area contributed by atoms with E-state index in [0.717, 1.165) is 6.07 Å². The molecule has 3 rings (SSSR count). The third-order valence-corrected chi connectivity index (χ3v) is 4.72. The number of benzene rings is 2. The van der Waals surface area contributed by atoms with Crippen LogP contribution in [0.4, 0.5) is 18.9 Å². The molecule has 0 unspecified atom stereocenters. The van der Waals surface area contributed by atoms with Gasteiger partial charge in [0.05, 0.1) is 28.4 Å². The highest BCUT2D eigenvalue weighted by Gasteiger charge is 2.32. The van der Waals surface area contributed by atoms with E-state index in [1.165, 1.54) is 54.1 Å². The predicted molar refractivity (Wildman–Crippen MR) is 107 cm³/mol. The van der Waals surface area contributed by atoms with Gasteiger partial charge in [-0.1, -0.05) is 35.3 Å². The Hall–Kier alpha value is -2.64. The fourth-order valence-electron chi connectivity index (χ4n) is 2.76. The van der Waals surface area contributed by atoms with Gasteiger partial charge in [-0.2, -0.15) is 13.2 Å². The van der Waals surface area contributed by atoms with Crippen LogP contribution in [0.1, 0.15) is 16.7 Å². The SMILES string of the molecule is Cc1ccc(Cn2cc(Oc3c(Cl)cc(N)cc3Cl)ccc2=O)cc1C(F)(F)F. The number of nitrogens with two attached hydrogens (primary N) is 1. The Kier molecular flexibility index (Phi) is 5.82. The Morgan fingerprint density at radius 3 is 2.34 bits per heavy atom. The van der Waals surface area contributed by atoms with Crippen LogP contribution in [0.25, 0.3) is 0 Å². The second kappa shape index (κ2) is 8.00. The van der Waals surface area contributed by atoms with E-state index >= 15 is 0 Å². The first-order chi connectivity index (χ1) is 13.5. The summed E-state index contributed by atoms with van der Waals surface area (Å²) in [6.07, 6.45) is -3.10. The molecule has 0 aliphatic rings. The minimum Gasteiger partial charge on any atom is -0.453 e. The van der Waals surface area contributed by atoms with Gasteiger partial charge < -0.3 is 15.0 Å². The number of anilines is 1. The molecule has 0 saturated carbocycles. The highest BCUT2D eigenvalue weighted by Crippen LogP contribution is 2.38. The van der Waals surface area contributed by atoms with Gasteiger partial charge in [0.15, 0.2) is 5.75 Å². The van der Waals surface area contributed by atoms with Crippen LogP contribution >= 0.6 is 23.2 Å². The number of nitrogen functional groups attached to an aromatic ring is 1. The number of hydrogen-bond acceptors (Lipinski definition) is 3. The van der Waals surface area contributed by atoms with Crippen LogP contribution in [-0.2, 0) is 12.7 Å². The van der Waals surface area contributed by atoms with Gasteiger partial charge in [-0.05, 0) is 42.3 Å². The van der Waals surface area contributed by atoms with Gasteiger partial charge in [0.25, 0.3) is 5.56 Å². The van der Waals surface area contributed by atoms with Gasteiger partial charge in [0.1, 0.15) is 5.75 Å². The van der Waals surface area contributed by atoms with Crippen LogP contribution in [0.15, 0.2) is 53.5 Å². The molecule has 2 aromatic carbocycles. The maximum Gasteiger partial charge on any atom is 0.416 e. The Morgan fingerprint density at radius 1 is 1.07 bits per heavy atom. The summed E-state index contributed by atoms with van der Waals surface area (Å²) in [7, 11) is 0. The van der Waals surface area contributed by atoms with Gasteiger partial charge in [-0.15, -0.1) is 0 Å².